The number of aromatic nitrogens is 2. The lowest BCUT2D eigenvalue weighted by Gasteiger charge is -2.13. The SMILES string of the molecule is C[C@H](CNc1ccc([N+](=O)[O-])cc1)Oc1nonc1N. The highest BCUT2D eigenvalue weighted by molar-refractivity contribution is 5.48. The van der Waals surface area contributed by atoms with Gasteiger partial charge in [0.2, 0.25) is 5.82 Å². The lowest BCUT2D eigenvalue weighted by atomic mass is 10.2. The van der Waals surface area contributed by atoms with E-state index in [1.165, 1.54) is 12.1 Å². The van der Waals surface area contributed by atoms with E-state index in [2.05, 4.69) is 20.3 Å². The Bertz CT molecular complexity index is 583. The number of hydrogen-bond donors (Lipinski definition) is 2. The molecule has 9 heteroatoms. The highest BCUT2D eigenvalue weighted by atomic mass is 16.6. The Morgan fingerprint density at radius 3 is 2.70 bits per heavy atom. The molecule has 0 fully saturated rings. The smallest absolute Gasteiger partial charge is 0.300 e. The van der Waals surface area contributed by atoms with E-state index in [9.17, 15) is 10.1 Å². The maximum Gasteiger partial charge on any atom is 0.300 e. The van der Waals surface area contributed by atoms with Crippen molar-refractivity contribution in [3.05, 3.63) is 34.4 Å². The molecule has 1 aromatic carbocycles. The number of benzene rings is 1. The molecule has 0 spiro atoms. The number of nitrogen functional groups attached to an aromatic ring is 1. The van der Waals surface area contributed by atoms with Crippen molar-refractivity contribution in [2.75, 3.05) is 17.6 Å². The molecule has 0 amide bonds. The Morgan fingerprint density at radius 1 is 1.45 bits per heavy atom. The zero-order valence-electron chi connectivity index (χ0n) is 10.6. The minimum Gasteiger partial charge on any atom is -0.468 e. The average molecular weight is 279 g/mol. The van der Waals surface area contributed by atoms with Crippen molar-refractivity contribution in [3.63, 3.8) is 0 Å². The van der Waals surface area contributed by atoms with Crippen LogP contribution >= 0.6 is 0 Å². The maximum absolute atomic E-state index is 10.5. The molecule has 0 aliphatic heterocycles. The number of nitro groups is 1. The minimum absolute atomic E-state index is 0.0429. The Balaban J connectivity index is 1.85. The highest BCUT2D eigenvalue weighted by Crippen LogP contribution is 2.17. The van der Waals surface area contributed by atoms with E-state index in [0.29, 0.717) is 6.54 Å². The van der Waals surface area contributed by atoms with E-state index in [4.69, 9.17) is 10.5 Å². The number of nitrogens with zero attached hydrogens (tertiary/aromatic N) is 3. The van der Waals surface area contributed by atoms with Crippen LogP contribution in [-0.2, 0) is 0 Å². The summed E-state index contributed by atoms with van der Waals surface area (Å²) in [6.45, 7) is 2.27. The second-order valence-corrected chi connectivity index (χ2v) is 4.07. The van der Waals surface area contributed by atoms with Crippen LogP contribution in [0.25, 0.3) is 0 Å². The molecule has 1 heterocycles. The third kappa shape index (κ3) is 3.34. The van der Waals surface area contributed by atoms with E-state index in [-0.39, 0.29) is 23.5 Å². The van der Waals surface area contributed by atoms with Crippen molar-refractivity contribution in [2.45, 2.75) is 13.0 Å². The van der Waals surface area contributed by atoms with Gasteiger partial charge in [0.15, 0.2) is 0 Å². The molecule has 1 atom stereocenters. The molecule has 0 saturated carbocycles. The Labute approximate surface area is 113 Å². The molecule has 0 bridgehead atoms. The molecular weight excluding hydrogens is 266 g/mol. The predicted molar refractivity (Wildman–Crippen MR) is 70.4 cm³/mol. The van der Waals surface area contributed by atoms with Crippen molar-refractivity contribution in [2.24, 2.45) is 0 Å². The van der Waals surface area contributed by atoms with E-state index in [0.717, 1.165) is 5.69 Å². The normalized spacial score (nSPS) is 11.8. The van der Waals surface area contributed by atoms with Crippen LogP contribution in [0.4, 0.5) is 17.2 Å². The third-order valence-electron chi connectivity index (χ3n) is 2.47. The fourth-order valence-corrected chi connectivity index (χ4v) is 1.46. The summed E-state index contributed by atoms with van der Waals surface area (Å²) in [5.74, 6) is 0.232. The quantitative estimate of drug-likeness (QED) is 0.600. The van der Waals surface area contributed by atoms with Gasteiger partial charge in [-0.1, -0.05) is 0 Å². The summed E-state index contributed by atoms with van der Waals surface area (Å²) in [7, 11) is 0. The van der Waals surface area contributed by atoms with Gasteiger partial charge in [0.25, 0.3) is 5.69 Å². The molecule has 1 aromatic heterocycles. The van der Waals surface area contributed by atoms with Gasteiger partial charge in [0.1, 0.15) is 6.10 Å². The van der Waals surface area contributed by atoms with Crippen molar-refractivity contribution >= 4 is 17.2 Å². The number of non-ortho nitro benzene ring substituents is 1. The van der Waals surface area contributed by atoms with E-state index < -0.39 is 4.92 Å². The van der Waals surface area contributed by atoms with Crippen LogP contribution in [0.1, 0.15) is 6.92 Å². The zero-order valence-corrected chi connectivity index (χ0v) is 10.6. The number of ether oxygens (including phenoxy) is 1. The highest BCUT2D eigenvalue weighted by Gasteiger charge is 2.12. The average Bonchev–Trinajstić information content (AvgIpc) is 2.82. The summed E-state index contributed by atoms with van der Waals surface area (Å²) >= 11 is 0. The van der Waals surface area contributed by atoms with Crippen molar-refractivity contribution in [1.82, 2.24) is 10.3 Å². The predicted octanol–water partition coefficient (Wildman–Crippen LogP) is 1.44. The summed E-state index contributed by atoms with van der Waals surface area (Å²) in [4.78, 5) is 10.1. The molecule has 9 nitrogen and oxygen atoms in total. The number of nitro benzene ring substituents is 1. The van der Waals surface area contributed by atoms with Crippen LogP contribution in [0, 0.1) is 10.1 Å². The van der Waals surface area contributed by atoms with Gasteiger partial charge in [-0.2, -0.15) is 0 Å². The summed E-state index contributed by atoms with van der Waals surface area (Å²) in [6.07, 6.45) is -0.237. The lowest BCUT2D eigenvalue weighted by molar-refractivity contribution is -0.384. The number of nitrogens with two attached hydrogens (primary N) is 1. The second kappa shape index (κ2) is 5.87. The van der Waals surface area contributed by atoms with Crippen LogP contribution in [0.3, 0.4) is 0 Å². The van der Waals surface area contributed by atoms with Crippen molar-refractivity contribution in [1.29, 1.82) is 0 Å². The maximum atomic E-state index is 10.5. The zero-order chi connectivity index (χ0) is 14.5. The molecular formula is C11H13N5O4. The summed E-state index contributed by atoms with van der Waals surface area (Å²) in [5.41, 5.74) is 6.25. The van der Waals surface area contributed by atoms with Gasteiger partial charge < -0.3 is 15.8 Å². The first kappa shape index (κ1) is 13.6. The number of rotatable bonds is 6. The molecule has 2 rings (SSSR count). The molecule has 0 unspecified atom stereocenters. The Hall–Kier alpha value is -2.84. The molecule has 0 radical (unpaired) electrons. The number of hydrogen-bond acceptors (Lipinski definition) is 8. The monoisotopic (exact) mass is 279 g/mol. The Kier molecular flexibility index (Phi) is 3.99. The molecule has 106 valence electrons. The number of anilines is 2. The summed E-state index contributed by atoms with van der Waals surface area (Å²) < 4.78 is 9.82. The second-order valence-electron chi connectivity index (χ2n) is 4.07. The molecule has 3 N–H and O–H groups in total. The number of nitrogens with one attached hydrogen (secondary N) is 1. The van der Waals surface area contributed by atoms with Gasteiger partial charge in [-0.3, -0.25) is 10.1 Å². The standard InChI is InChI=1S/C11H13N5O4/c1-7(19-11-10(12)14-20-15-11)6-13-8-2-4-9(5-3-8)16(17)18/h2-5,7,13H,6H2,1H3,(H2,12,14)/t7-/m1/s1. The van der Waals surface area contributed by atoms with Gasteiger partial charge in [-0.25, -0.2) is 4.63 Å². The van der Waals surface area contributed by atoms with Crippen LogP contribution in [-0.4, -0.2) is 27.9 Å². The van der Waals surface area contributed by atoms with Crippen LogP contribution in [0.2, 0.25) is 0 Å². The van der Waals surface area contributed by atoms with Gasteiger partial charge >= 0.3 is 5.88 Å². The van der Waals surface area contributed by atoms with E-state index >= 15 is 0 Å². The first-order chi connectivity index (χ1) is 9.56. The van der Waals surface area contributed by atoms with Crippen molar-refractivity contribution in [3.8, 4) is 5.88 Å². The van der Waals surface area contributed by atoms with Crippen LogP contribution < -0.4 is 15.8 Å². The summed E-state index contributed by atoms with van der Waals surface area (Å²) in [6, 6.07) is 6.09. The topological polar surface area (TPSA) is 129 Å². The largest absolute Gasteiger partial charge is 0.468 e. The van der Waals surface area contributed by atoms with Crippen LogP contribution in [0.5, 0.6) is 5.88 Å². The molecule has 2 aromatic rings. The minimum atomic E-state index is -0.449. The van der Waals surface area contributed by atoms with E-state index in [1.54, 1.807) is 12.1 Å². The Morgan fingerprint density at radius 2 is 2.15 bits per heavy atom. The molecule has 0 aliphatic carbocycles. The van der Waals surface area contributed by atoms with Gasteiger partial charge in [0.05, 0.1) is 11.5 Å². The fraction of sp³-hybridized carbons (Fsp3) is 0.273. The third-order valence-corrected chi connectivity index (χ3v) is 2.47. The molecule has 0 aliphatic rings. The van der Waals surface area contributed by atoms with Gasteiger partial charge in [-0.15, -0.1) is 0 Å². The van der Waals surface area contributed by atoms with Crippen LogP contribution in [0.15, 0.2) is 28.9 Å². The summed E-state index contributed by atoms with van der Waals surface area (Å²) in [5, 5.41) is 20.5. The first-order valence-corrected chi connectivity index (χ1v) is 5.79. The lowest BCUT2D eigenvalue weighted by Crippen LogP contribution is -2.23. The molecule has 0 saturated heterocycles. The fourth-order valence-electron chi connectivity index (χ4n) is 1.46. The first-order valence-electron chi connectivity index (χ1n) is 5.79. The van der Waals surface area contributed by atoms with Crippen molar-refractivity contribution < 1.29 is 14.3 Å². The van der Waals surface area contributed by atoms with Gasteiger partial charge in [0, 0.05) is 17.8 Å². The molecule has 20 heavy (non-hydrogen) atoms. The van der Waals surface area contributed by atoms with Gasteiger partial charge in [-0.05, 0) is 29.4 Å². The van der Waals surface area contributed by atoms with E-state index in [1.807, 2.05) is 6.92 Å².